The maximum Gasteiger partial charge on any atom is 0.342 e. The summed E-state index contributed by atoms with van der Waals surface area (Å²) >= 11 is 0. The molecule has 0 saturated heterocycles. The van der Waals surface area contributed by atoms with E-state index in [-0.39, 0.29) is 29.1 Å². The minimum absolute atomic E-state index is 0.0646. The van der Waals surface area contributed by atoms with Crippen LogP contribution in [0.15, 0.2) is 41.0 Å². The Morgan fingerprint density at radius 1 is 1.00 bits per heavy atom. The largest absolute Gasteiger partial charge is 0.467 e. The van der Waals surface area contributed by atoms with E-state index in [0.29, 0.717) is 5.56 Å². The zero-order valence-electron chi connectivity index (χ0n) is 12.1. The van der Waals surface area contributed by atoms with Gasteiger partial charge in [0, 0.05) is 5.56 Å². The van der Waals surface area contributed by atoms with Gasteiger partial charge in [0.05, 0.1) is 20.6 Å². The van der Waals surface area contributed by atoms with Gasteiger partial charge in [0.25, 0.3) is 0 Å². The Kier molecular flexibility index (Phi) is 4.73. The molecule has 0 spiro atoms. The van der Waals surface area contributed by atoms with Crippen LogP contribution in [0, 0.1) is 0 Å². The molecule has 2 rings (SSSR count). The number of hydrogen-bond acceptors (Lipinski definition) is 6. The lowest BCUT2D eigenvalue weighted by atomic mass is 10.0. The average Bonchev–Trinajstić information content (AvgIpc) is 2.97. The molecule has 0 aliphatic rings. The third-order valence-corrected chi connectivity index (χ3v) is 3.08. The highest BCUT2D eigenvalue weighted by molar-refractivity contribution is 6.05. The van der Waals surface area contributed by atoms with Crippen LogP contribution >= 0.6 is 0 Å². The van der Waals surface area contributed by atoms with Crippen molar-refractivity contribution in [2.75, 3.05) is 14.2 Å². The molecule has 0 fully saturated rings. The molecule has 2 aromatic rings. The standard InChI is InChI=1S/C16H14O6/c1-20-15(18)11-9-22-13(14(11)16(19)21-2)8-12(17)10-6-4-3-5-7-10/h3-7,9H,8H2,1-2H3. The Balaban J connectivity index is 2.35. The lowest BCUT2D eigenvalue weighted by Crippen LogP contribution is -2.13. The van der Waals surface area contributed by atoms with Crippen LogP contribution in [0.1, 0.15) is 36.8 Å². The number of furan rings is 1. The Bertz CT molecular complexity index is 699. The summed E-state index contributed by atoms with van der Waals surface area (Å²) in [6, 6.07) is 8.57. The third-order valence-electron chi connectivity index (χ3n) is 3.08. The molecule has 0 aliphatic heterocycles. The van der Waals surface area contributed by atoms with E-state index in [2.05, 4.69) is 9.47 Å². The van der Waals surface area contributed by atoms with Crippen LogP contribution in [-0.2, 0) is 15.9 Å². The Morgan fingerprint density at radius 3 is 2.23 bits per heavy atom. The molecule has 0 N–H and O–H groups in total. The second kappa shape index (κ2) is 6.71. The van der Waals surface area contributed by atoms with Crippen molar-refractivity contribution >= 4 is 17.7 Å². The van der Waals surface area contributed by atoms with E-state index in [1.807, 2.05) is 0 Å². The van der Waals surface area contributed by atoms with Gasteiger partial charge in [0.1, 0.15) is 23.2 Å². The maximum absolute atomic E-state index is 12.2. The smallest absolute Gasteiger partial charge is 0.342 e. The quantitative estimate of drug-likeness (QED) is 0.622. The van der Waals surface area contributed by atoms with Gasteiger partial charge < -0.3 is 13.9 Å². The molecule has 0 bridgehead atoms. The summed E-state index contributed by atoms with van der Waals surface area (Å²) < 4.78 is 14.4. The van der Waals surface area contributed by atoms with E-state index in [9.17, 15) is 14.4 Å². The minimum atomic E-state index is -0.759. The van der Waals surface area contributed by atoms with Crippen LogP contribution in [0.25, 0.3) is 0 Å². The maximum atomic E-state index is 12.2. The number of ketones is 1. The van der Waals surface area contributed by atoms with Crippen molar-refractivity contribution in [3.8, 4) is 0 Å². The lowest BCUT2D eigenvalue weighted by Gasteiger charge is -2.03. The monoisotopic (exact) mass is 302 g/mol. The Labute approximate surface area is 126 Å². The van der Waals surface area contributed by atoms with Crippen molar-refractivity contribution in [3.63, 3.8) is 0 Å². The molecule has 1 aromatic heterocycles. The normalized spacial score (nSPS) is 10.1. The van der Waals surface area contributed by atoms with Crippen LogP contribution in [-0.4, -0.2) is 31.9 Å². The summed E-state index contributed by atoms with van der Waals surface area (Å²) in [4.78, 5) is 35.7. The number of ether oxygens (including phenoxy) is 2. The van der Waals surface area contributed by atoms with Gasteiger partial charge in [-0.3, -0.25) is 4.79 Å². The number of methoxy groups -OCH3 is 2. The zero-order chi connectivity index (χ0) is 16.1. The van der Waals surface area contributed by atoms with Gasteiger partial charge in [-0.2, -0.15) is 0 Å². The molecule has 1 heterocycles. The summed E-state index contributed by atoms with van der Waals surface area (Å²) in [5.74, 6) is -1.66. The first-order valence-corrected chi connectivity index (χ1v) is 6.43. The van der Waals surface area contributed by atoms with Crippen molar-refractivity contribution < 1.29 is 28.3 Å². The van der Waals surface area contributed by atoms with Gasteiger partial charge in [-0.15, -0.1) is 0 Å². The summed E-state index contributed by atoms with van der Waals surface area (Å²) in [7, 11) is 2.37. The van der Waals surface area contributed by atoms with Gasteiger partial charge >= 0.3 is 11.9 Å². The summed E-state index contributed by atoms with van der Waals surface area (Å²) in [5, 5.41) is 0. The van der Waals surface area contributed by atoms with Gasteiger partial charge in [-0.05, 0) is 0 Å². The molecule has 22 heavy (non-hydrogen) atoms. The zero-order valence-corrected chi connectivity index (χ0v) is 12.1. The topological polar surface area (TPSA) is 82.8 Å². The lowest BCUT2D eigenvalue weighted by molar-refractivity contribution is 0.0555. The highest BCUT2D eigenvalue weighted by atomic mass is 16.5. The first-order valence-electron chi connectivity index (χ1n) is 6.43. The van der Waals surface area contributed by atoms with Crippen molar-refractivity contribution in [3.05, 3.63) is 59.0 Å². The fraction of sp³-hybridized carbons (Fsp3) is 0.188. The van der Waals surface area contributed by atoms with Crippen molar-refractivity contribution in [1.82, 2.24) is 0 Å². The second-order valence-corrected chi connectivity index (χ2v) is 4.40. The van der Waals surface area contributed by atoms with E-state index in [1.165, 1.54) is 14.2 Å². The molecule has 6 heteroatoms. The van der Waals surface area contributed by atoms with Crippen LogP contribution in [0.2, 0.25) is 0 Å². The molecule has 6 nitrogen and oxygen atoms in total. The van der Waals surface area contributed by atoms with E-state index < -0.39 is 11.9 Å². The van der Waals surface area contributed by atoms with Crippen LogP contribution in [0.5, 0.6) is 0 Å². The predicted octanol–water partition coefficient (Wildman–Crippen LogP) is 2.28. The van der Waals surface area contributed by atoms with Gasteiger partial charge in [0.2, 0.25) is 0 Å². The van der Waals surface area contributed by atoms with E-state index in [0.717, 1.165) is 6.26 Å². The van der Waals surface area contributed by atoms with Crippen LogP contribution < -0.4 is 0 Å². The first-order chi connectivity index (χ1) is 10.6. The number of esters is 2. The number of carbonyl (C=O) groups excluding carboxylic acids is 3. The molecule has 0 unspecified atom stereocenters. The number of hydrogen-bond donors (Lipinski definition) is 0. The number of benzene rings is 1. The fourth-order valence-corrected chi connectivity index (χ4v) is 1.99. The SMILES string of the molecule is COC(=O)c1coc(CC(=O)c2ccccc2)c1C(=O)OC. The highest BCUT2D eigenvalue weighted by Gasteiger charge is 2.27. The van der Waals surface area contributed by atoms with E-state index in [4.69, 9.17) is 4.42 Å². The Morgan fingerprint density at radius 2 is 1.64 bits per heavy atom. The summed E-state index contributed by atoms with van der Waals surface area (Å²) in [5.41, 5.74) is 0.332. The van der Waals surface area contributed by atoms with Crippen molar-refractivity contribution in [1.29, 1.82) is 0 Å². The molecule has 0 aliphatic carbocycles. The number of carbonyl (C=O) groups is 3. The summed E-state index contributed by atoms with van der Waals surface area (Å²) in [6.07, 6.45) is 0.928. The average molecular weight is 302 g/mol. The van der Waals surface area contributed by atoms with E-state index >= 15 is 0 Å². The molecule has 0 atom stereocenters. The summed E-state index contributed by atoms with van der Waals surface area (Å²) in [6.45, 7) is 0. The fourth-order valence-electron chi connectivity index (χ4n) is 1.99. The third kappa shape index (κ3) is 3.06. The van der Waals surface area contributed by atoms with Gasteiger partial charge in [-0.1, -0.05) is 30.3 Å². The molecule has 0 amide bonds. The van der Waals surface area contributed by atoms with Gasteiger partial charge in [0.15, 0.2) is 5.78 Å². The van der Waals surface area contributed by atoms with E-state index in [1.54, 1.807) is 30.3 Å². The second-order valence-electron chi connectivity index (χ2n) is 4.40. The molecule has 1 aromatic carbocycles. The van der Waals surface area contributed by atoms with Crippen LogP contribution in [0.4, 0.5) is 0 Å². The Hall–Kier alpha value is -2.89. The van der Waals surface area contributed by atoms with Crippen LogP contribution in [0.3, 0.4) is 0 Å². The van der Waals surface area contributed by atoms with Crippen molar-refractivity contribution in [2.24, 2.45) is 0 Å². The minimum Gasteiger partial charge on any atom is -0.467 e. The molecule has 0 saturated carbocycles. The molecule has 0 radical (unpaired) electrons. The molecule has 114 valence electrons. The predicted molar refractivity (Wildman–Crippen MR) is 75.9 cm³/mol. The first kappa shape index (κ1) is 15.5. The molecular weight excluding hydrogens is 288 g/mol. The number of Topliss-reactive ketones (excluding diaryl/α,β-unsaturated/α-hetero) is 1. The molecular formula is C16H14O6. The van der Waals surface area contributed by atoms with Gasteiger partial charge in [-0.25, -0.2) is 9.59 Å². The van der Waals surface area contributed by atoms with Crippen molar-refractivity contribution in [2.45, 2.75) is 6.42 Å². The highest BCUT2D eigenvalue weighted by Crippen LogP contribution is 2.21. The number of rotatable bonds is 5.